The maximum absolute atomic E-state index is 11.5. The van der Waals surface area contributed by atoms with Crippen LogP contribution >= 0.6 is 23.2 Å². The Labute approximate surface area is 132 Å². The average molecular weight is 326 g/mol. The molecular weight excluding hydrogens is 313 g/mol. The molecule has 110 valence electrons. The summed E-state index contributed by atoms with van der Waals surface area (Å²) >= 11 is 11.8. The zero-order valence-electron chi connectivity index (χ0n) is 11.2. The molecule has 2 aromatic rings. The summed E-state index contributed by atoms with van der Waals surface area (Å²) in [6, 6.07) is 8.73. The molecule has 0 fully saturated rings. The molecule has 1 unspecified atom stereocenters. The molecule has 0 saturated heterocycles. The van der Waals surface area contributed by atoms with Crippen molar-refractivity contribution in [2.45, 2.75) is 12.3 Å². The summed E-state index contributed by atoms with van der Waals surface area (Å²) in [6.45, 7) is 0. The fraction of sp³-hybridized carbons (Fsp3) is 0.200. The van der Waals surface area contributed by atoms with E-state index in [1.165, 1.54) is 12.3 Å². The third-order valence-electron chi connectivity index (χ3n) is 3.04. The number of ether oxygens (including phenoxy) is 1. The number of aliphatic carboxylic acids is 1. The highest BCUT2D eigenvalue weighted by atomic mass is 35.5. The minimum Gasteiger partial charge on any atom is -0.497 e. The van der Waals surface area contributed by atoms with Gasteiger partial charge in [-0.3, -0.25) is 9.78 Å². The van der Waals surface area contributed by atoms with Gasteiger partial charge in [0.1, 0.15) is 11.7 Å². The molecule has 0 bridgehead atoms. The summed E-state index contributed by atoms with van der Waals surface area (Å²) in [5.41, 5.74) is 1.13. The molecular formula is C15H13Cl2NO3. The molecule has 0 spiro atoms. The van der Waals surface area contributed by atoms with Gasteiger partial charge >= 0.3 is 5.97 Å². The topological polar surface area (TPSA) is 59.4 Å². The predicted octanol–water partition coefficient (Wildman–Crippen LogP) is 3.81. The monoisotopic (exact) mass is 325 g/mol. The average Bonchev–Trinajstić information content (AvgIpc) is 2.45. The van der Waals surface area contributed by atoms with Crippen molar-refractivity contribution in [2.24, 2.45) is 0 Å². The fourth-order valence-corrected chi connectivity index (χ4v) is 2.53. The number of aromatic nitrogens is 1. The Morgan fingerprint density at radius 2 is 2.14 bits per heavy atom. The second kappa shape index (κ2) is 6.78. The lowest BCUT2D eigenvalue weighted by Gasteiger charge is -2.14. The first kappa shape index (κ1) is 15.6. The van der Waals surface area contributed by atoms with Gasteiger partial charge < -0.3 is 9.84 Å². The van der Waals surface area contributed by atoms with Crippen LogP contribution in [0.25, 0.3) is 0 Å². The molecule has 1 heterocycles. The van der Waals surface area contributed by atoms with Crippen molar-refractivity contribution in [1.82, 2.24) is 4.98 Å². The number of rotatable bonds is 5. The van der Waals surface area contributed by atoms with Crippen molar-refractivity contribution in [1.29, 1.82) is 0 Å². The standard InChI is InChI=1S/C15H13Cl2NO3/c1-21-11-4-2-3-9(5-11)6-12(15(19)20)14-13(17)7-10(16)8-18-14/h2-5,7-8,12H,6H2,1H3,(H,19,20). The van der Waals surface area contributed by atoms with Gasteiger partial charge in [-0.15, -0.1) is 0 Å². The SMILES string of the molecule is COc1cccc(CC(C(=O)O)c2ncc(Cl)cc2Cl)c1. The van der Waals surface area contributed by atoms with Crippen LogP contribution in [-0.4, -0.2) is 23.2 Å². The zero-order valence-corrected chi connectivity index (χ0v) is 12.7. The molecule has 6 heteroatoms. The van der Waals surface area contributed by atoms with Crippen LogP contribution in [0.3, 0.4) is 0 Å². The summed E-state index contributed by atoms with van der Waals surface area (Å²) in [4.78, 5) is 15.6. The van der Waals surface area contributed by atoms with Crippen LogP contribution in [-0.2, 0) is 11.2 Å². The number of carboxylic acid groups (broad SMARTS) is 1. The molecule has 4 nitrogen and oxygen atoms in total. The van der Waals surface area contributed by atoms with Crippen molar-refractivity contribution in [2.75, 3.05) is 7.11 Å². The maximum atomic E-state index is 11.5. The van der Waals surface area contributed by atoms with Gasteiger partial charge in [-0.05, 0) is 30.2 Å². The molecule has 2 rings (SSSR count). The van der Waals surface area contributed by atoms with E-state index >= 15 is 0 Å². The smallest absolute Gasteiger partial charge is 0.312 e. The summed E-state index contributed by atoms with van der Waals surface area (Å²) in [7, 11) is 1.56. The first-order chi connectivity index (χ1) is 10.0. The highest BCUT2D eigenvalue weighted by Crippen LogP contribution is 2.29. The Bertz CT molecular complexity index is 661. The van der Waals surface area contributed by atoms with E-state index in [9.17, 15) is 9.90 Å². The third-order valence-corrected chi connectivity index (χ3v) is 3.55. The van der Waals surface area contributed by atoms with Gasteiger partial charge in [0.2, 0.25) is 0 Å². The zero-order chi connectivity index (χ0) is 15.4. The Balaban J connectivity index is 2.33. The van der Waals surface area contributed by atoms with Crippen molar-refractivity contribution < 1.29 is 14.6 Å². The van der Waals surface area contributed by atoms with Crippen LogP contribution in [0.2, 0.25) is 10.0 Å². The molecule has 0 saturated carbocycles. The quantitative estimate of drug-likeness (QED) is 0.908. The summed E-state index contributed by atoms with van der Waals surface area (Å²) in [6.07, 6.45) is 1.66. The number of hydrogen-bond donors (Lipinski definition) is 1. The van der Waals surface area contributed by atoms with Crippen molar-refractivity contribution >= 4 is 29.2 Å². The molecule has 1 N–H and O–H groups in total. The number of methoxy groups -OCH3 is 1. The van der Waals surface area contributed by atoms with E-state index in [1.807, 2.05) is 12.1 Å². The first-order valence-corrected chi connectivity index (χ1v) is 6.93. The lowest BCUT2D eigenvalue weighted by molar-refractivity contribution is -0.138. The van der Waals surface area contributed by atoms with Crippen molar-refractivity contribution in [3.63, 3.8) is 0 Å². The first-order valence-electron chi connectivity index (χ1n) is 6.18. The Morgan fingerprint density at radius 1 is 1.38 bits per heavy atom. The normalized spacial score (nSPS) is 12.0. The predicted molar refractivity (Wildman–Crippen MR) is 81.3 cm³/mol. The van der Waals surface area contributed by atoms with Crippen LogP contribution in [0.15, 0.2) is 36.5 Å². The molecule has 1 atom stereocenters. The Morgan fingerprint density at radius 3 is 2.76 bits per heavy atom. The number of hydrogen-bond acceptors (Lipinski definition) is 3. The van der Waals surface area contributed by atoms with E-state index in [1.54, 1.807) is 19.2 Å². The van der Waals surface area contributed by atoms with Crippen LogP contribution in [0.4, 0.5) is 0 Å². The molecule has 1 aromatic heterocycles. The van der Waals surface area contributed by atoms with Crippen LogP contribution in [0.1, 0.15) is 17.2 Å². The molecule has 0 radical (unpaired) electrons. The number of carboxylic acids is 1. The van der Waals surface area contributed by atoms with Gasteiger partial charge in [0.15, 0.2) is 0 Å². The van der Waals surface area contributed by atoms with E-state index < -0.39 is 11.9 Å². The molecule has 21 heavy (non-hydrogen) atoms. The highest BCUT2D eigenvalue weighted by Gasteiger charge is 2.24. The van der Waals surface area contributed by atoms with E-state index in [2.05, 4.69) is 4.98 Å². The van der Waals surface area contributed by atoms with Crippen molar-refractivity contribution in [3.8, 4) is 5.75 Å². The van der Waals surface area contributed by atoms with Gasteiger partial charge in [-0.1, -0.05) is 35.3 Å². The number of carbonyl (C=O) groups is 1. The molecule has 0 aliphatic rings. The number of pyridine rings is 1. The van der Waals surface area contributed by atoms with Crippen LogP contribution < -0.4 is 4.74 Å². The number of benzene rings is 1. The second-order valence-electron chi connectivity index (χ2n) is 4.47. The summed E-state index contributed by atoms with van der Waals surface area (Å²) in [5.74, 6) is -1.16. The highest BCUT2D eigenvalue weighted by molar-refractivity contribution is 6.34. The summed E-state index contributed by atoms with van der Waals surface area (Å²) < 4.78 is 5.14. The number of halogens is 2. The Kier molecular flexibility index (Phi) is 5.04. The van der Waals surface area contributed by atoms with Crippen molar-refractivity contribution in [3.05, 3.63) is 57.8 Å². The second-order valence-corrected chi connectivity index (χ2v) is 5.31. The lowest BCUT2D eigenvalue weighted by Crippen LogP contribution is -2.16. The minimum absolute atomic E-state index is 0.248. The van der Waals surface area contributed by atoms with Crippen LogP contribution in [0, 0.1) is 0 Å². The molecule has 1 aromatic carbocycles. The van der Waals surface area contributed by atoms with E-state index in [0.717, 1.165) is 5.56 Å². The fourth-order valence-electron chi connectivity index (χ4n) is 2.02. The lowest BCUT2D eigenvalue weighted by atomic mass is 9.95. The van der Waals surface area contributed by atoms with Gasteiger partial charge in [-0.2, -0.15) is 0 Å². The van der Waals surface area contributed by atoms with Gasteiger partial charge in [0, 0.05) is 6.20 Å². The summed E-state index contributed by atoms with van der Waals surface area (Å²) in [5, 5.41) is 10.1. The minimum atomic E-state index is -0.991. The van der Waals surface area contributed by atoms with Gasteiger partial charge in [-0.25, -0.2) is 0 Å². The Hall–Kier alpha value is -1.78. The van der Waals surface area contributed by atoms with E-state index in [4.69, 9.17) is 27.9 Å². The van der Waals surface area contributed by atoms with E-state index in [0.29, 0.717) is 16.5 Å². The van der Waals surface area contributed by atoms with E-state index in [-0.39, 0.29) is 11.4 Å². The third kappa shape index (κ3) is 3.86. The molecule has 0 aliphatic heterocycles. The maximum Gasteiger partial charge on any atom is 0.312 e. The largest absolute Gasteiger partial charge is 0.497 e. The molecule has 0 amide bonds. The van der Waals surface area contributed by atoms with Gasteiger partial charge in [0.25, 0.3) is 0 Å². The van der Waals surface area contributed by atoms with Crippen LogP contribution in [0.5, 0.6) is 5.75 Å². The molecule has 0 aliphatic carbocycles. The number of nitrogens with zero attached hydrogens (tertiary/aromatic N) is 1. The van der Waals surface area contributed by atoms with Gasteiger partial charge in [0.05, 0.1) is 22.8 Å².